The SMILES string of the molecule is CCCOCCCNC(=O)NC1(C(=O)O)CCOCC1. The number of ether oxygens (including phenoxy) is 2. The van der Waals surface area contributed by atoms with Crippen LogP contribution >= 0.6 is 0 Å². The third-order valence-corrected chi connectivity index (χ3v) is 3.21. The zero-order chi connectivity index (χ0) is 14.8. The highest BCUT2D eigenvalue weighted by Gasteiger charge is 2.41. The van der Waals surface area contributed by atoms with Crippen LogP contribution in [0.2, 0.25) is 0 Å². The molecule has 0 atom stereocenters. The number of aliphatic carboxylic acids is 1. The van der Waals surface area contributed by atoms with Gasteiger partial charge >= 0.3 is 12.0 Å². The molecule has 116 valence electrons. The molecule has 0 aromatic rings. The second kappa shape index (κ2) is 8.76. The molecule has 1 saturated heterocycles. The quantitative estimate of drug-likeness (QED) is 0.572. The van der Waals surface area contributed by atoms with Crippen LogP contribution in [0.4, 0.5) is 4.79 Å². The van der Waals surface area contributed by atoms with Crippen LogP contribution in [0.3, 0.4) is 0 Å². The molecule has 1 fully saturated rings. The molecule has 0 aromatic carbocycles. The summed E-state index contributed by atoms with van der Waals surface area (Å²) in [5, 5.41) is 14.5. The first-order chi connectivity index (χ1) is 9.60. The van der Waals surface area contributed by atoms with Gasteiger partial charge in [-0.05, 0) is 12.8 Å². The number of amides is 2. The van der Waals surface area contributed by atoms with Crippen molar-refractivity contribution in [2.75, 3.05) is 33.0 Å². The van der Waals surface area contributed by atoms with E-state index in [2.05, 4.69) is 10.6 Å². The average Bonchev–Trinajstić information content (AvgIpc) is 2.43. The Balaban J connectivity index is 2.27. The van der Waals surface area contributed by atoms with E-state index in [0.29, 0.717) is 39.4 Å². The number of carbonyl (C=O) groups is 2. The second-order valence-electron chi connectivity index (χ2n) is 4.85. The van der Waals surface area contributed by atoms with Crippen LogP contribution in [-0.2, 0) is 14.3 Å². The molecule has 0 saturated carbocycles. The molecule has 1 aliphatic rings. The summed E-state index contributed by atoms with van der Waals surface area (Å²) in [6.07, 6.45) is 2.25. The van der Waals surface area contributed by atoms with Gasteiger partial charge in [0.1, 0.15) is 5.54 Å². The maximum atomic E-state index is 11.7. The summed E-state index contributed by atoms with van der Waals surface area (Å²) in [4.78, 5) is 23.1. The summed E-state index contributed by atoms with van der Waals surface area (Å²) in [7, 11) is 0. The van der Waals surface area contributed by atoms with Crippen molar-refractivity contribution in [3.05, 3.63) is 0 Å². The molecule has 0 bridgehead atoms. The topological polar surface area (TPSA) is 96.9 Å². The highest BCUT2D eigenvalue weighted by molar-refractivity contribution is 5.86. The third kappa shape index (κ3) is 5.34. The first-order valence-electron chi connectivity index (χ1n) is 7.05. The Morgan fingerprint density at radius 3 is 2.60 bits per heavy atom. The monoisotopic (exact) mass is 288 g/mol. The van der Waals surface area contributed by atoms with E-state index in [-0.39, 0.29) is 12.8 Å². The lowest BCUT2D eigenvalue weighted by atomic mass is 9.90. The minimum atomic E-state index is -1.21. The molecule has 7 heteroatoms. The molecular formula is C13H24N2O5. The van der Waals surface area contributed by atoms with Crippen molar-refractivity contribution >= 4 is 12.0 Å². The van der Waals surface area contributed by atoms with Gasteiger partial charge in [-0.2, -0.15) is 0 Å². The molecule has 1 rings (SSSR count). The van der Waals surface area contributed by atoms with Crippen LogP contribution in [-0.4, -0.2) is 55.6 Å². The summed E-state index contributed by atoms with van der Waals surface area (Å²) in [6.45, 7) is 4.49. The first-order valence-corrected chi connectivity index (χ1v) is 7.05. The predicted molar refractivity (Wildman–Crippen MR) is 72.7 cm³/mol. The van der Waals surface area contributed by atoms with Gasteiger partial charge < -0.3 is 25.2 Å². The highest BCUT2D eigenvalue weighted by atomic mass is 16.5. The fourth-order valence-electron chi connectivity index (χ4n) is 2.00. The number of carbonyl (C=O) groups excluding carboxylic acids is 1. The lowest BCUT2D eigenvalue weighted by Crippen LogP contribution is -2.59. The van der Waals surface area contributed by atoms with E-state index in [1.807, 2.05) is 6.92 Å². The molecule has 3 N–H and O–H groups in total. The normalized spacial score (nSPS) is 17.4. The van der Waals surface area contributed by atoms with Gasteiger partial charge in [0, 0.05) is 45.8 Å². The van der Waals surface area contributed by atoms with Crippen molar-refractivity contribution in [2.45, 2.75) is 38.1 Å². The maximum absolute atomic E-state index is 11.7. The fourth-order valence-corrected chi connectivity index (χ4v) is 2.00. The molecule has 0 aromatic heterocycles. The number of rotatable bonds is 8. The molecule has 1 heterocycles. The van der Waals surface area contributed by atoms with Crippen molar-refractivity contribution in [1.82, 2.24) is 10.6 Å². The standard InChI is InChI=1S/C13H24N2O5/c1-2-7-19-8-3-6-14-12(18)15-13(11(16)17)4-9-20-10-5-13/h2-10H2,1H3,(H,16,17)(H2,14,15,18). The van der Waals surface area contributed by atoms with Crippen LogP contribution in [0.15, 0.2) is 0 Å². The Kier molecular flexibility index (Phi) is 7.32. The molecule has 1 aliphatic heterocycles. The van der Waals surface area contributed by atoms with Crippen LogP contribution in [0.5, 0.6) is 0 Å². The molecule has 0 unspecified atom stereocenters. The van der Waals surface area contributed by atoms with Crippen LogP contribution in [0.1, 0.15) is 32.6 Å². The zero-order valence-corrected chi connectivity index (χ0v) is 11.9. The van der Waals surface area contributed by atoms with Crippen molar-refractivity contribution < 1.29 is 24.2 Å². The number of carboxylic acid groups (broad SMARTS) is 1. The number of nitrogens with one attached hydrogen (secondary N) is 2. The summed E-state index contributed by atoms with van der Waals surface area (Å²) in [5.74, 6) is -1.01. The van der Waals surface area contributed by atoms with Gasteiger partial charge in [0.2, 0.25) is 0 Å². The van der Waals surface area contributed by atoms with Gasteiger partial charge in [-0.1, -0.05) is 6.92 Å². The van der Waals surface area contributed by atoms with Gasteiger partial charge in [0.15, 0.2) is 0 Å². The molecular weight excluding hydrogens is 264 g/mol. The molecule has 2 amide bonds. The number of urea groups is 1. The van der Waals surface area contributed by atoms with E-state index in [1.54, 1.807) is 0 Å². The predicted octanol–water partition coefficient (Wildman–Crippen LogP) is 0.736. The Morgan fingerprint density at radius 2 is 2.00 bits per heavy atom. The van der Waals surface area contributed by atoms with Crippen molar-refractivity contribution in [1.29, 1.82) is 0 Å². The van der Waals surface area contributed by atoms with E-state index in [4.69, 9.17) is 9.47 Å². The minimum Gasteiger partial charge on any atom is -0.480 e. The molecule has 0 radical (unpaired) electrons. The van der Waals surface area contributed by atoms with Crippen molar-refractivity contribution in [2.24, 2.45) is 0 Å². The van der Waals surface area contributed by atoms with Crippen molar-refractivity contribution in [3.63, 3.8) is 0 Å². The zero-order valence-electron chi connectivity index (χ0n) is 11.9. The molecule has 7 nitrogen and oxygen atoms in total. The molecule has 0 aliphatic carbocycles. The summed E-state index contributed by atoms with van der Waals surface area (Å²) in [6, 6.07) is -0.454. The number of hydrogen-bond acceptors (Lipinski definition) is 4. The van der Waals surface area contributed by atoms with Crippen LogP contribution < -0.4 is 10.6 Å². The van der Waals surface area contributed by atoms with E-state index < -0.39 is 17.5 Å². The highest BCUT2D eigenvalue weighted by Crippen LogP contribution is 2.20. The van der Waals surface area contributed by atoms with E-state index in [0.717, 1.165) is 6.42 Å². The average molecular weight is 288 g/mol. The Bertz CT molecular complexity index is 316. The van der Waals surface area contributed by atoms with Crippen LogP contribution in [0.25, 0.3) is 0 Å². The largest absolute Gasteiger partial charge is 0.480 e. The maximum Gasteiger partial charge on any atom is 0.329 e. The smallest absolute Gasteiger partial charge is 0.329 e. The summed E-state index contributed by atoms with van der Waals surface area (Å²) < 4.78 is 10.4. The van der Waals surface area contributed by atoms with Gasteiger partial charge in [-0.15, -0.1) is 0 Å². The van der Waals surface area contributed by atoms with E-state index in [1.165, 1.54) is 0 Å². The summed E-state index contributed by atoms with van der Waals surface area (Å²) >= 11 is 0. The van der Waals surface area contributed by atoms with E-state index in [9.17, 15) is 14.7 Å². The number of carboxylic acids is 1. The minimum absolute atomic E-state index is 0.287. The van der Waals surface area contributed by atoms with Gasteiger partial charge in [0.05, 0.1) is 0 Å². The third-order valence-electron chi connectivity index (χ3n) is 3.21. The fraction of sp³-hybridized carbons (Fsp3) is 0.846. The van der Waals surface area contributed by atoms with Gasteiger partial charge in [-0.25, -0.2) is 9.59 Å². The Labute approximate surface area is 119 Å². The summed E-state index contributed by atoms with van der Waals surface area (Å²) in [5.41, 5.74) is -1.21. The van der Waals surface area contributed by atoms with Gasteiger partial charge in [0.25, 0.3) is 0 Å². The van der Waals surface area contributed by atoms with Gasteiger partial charge in [-0.3, -0.25) is 0 Å². The van der Waals surface area contributed by atoms with Crippen molar-refractivity contribution in [3.8, 4) is 0 Å². The Hall–Kier alpha value is -1.34. The second-order valence-corrected chi connectivity index (χ2v) is 4.85. The first kappa shape index (κ1) is 16.7. The molecule has 20 heavy (non-hydrogen) atoms. The van der Waals surface area contributed by atoms with Crippen LogP contribution in [0, 0.1) is 0 Å². The van der Waals surface area contributed by atoms with E-state index >= 15 is 0 Å². The lowest BCUT2D eigenvalue weighted by Gasteiger charge is -2.33. The number of hydrogen-bond donors (Lipinski definition) is 3. The lowest BCUT2D eigenvalue weighted by molar-refractivity contribution is -0.148. The molecule has 0 spiro atoms. The Morgan fingerprint density at radius 1 is 1.30 bits per heavy atom.